The zero-order chi connectivity index (χ0) is 10.1. The Morgan fingerprint density at radius 1 is 1.20 bits per heavy atom. The van der Waals surface area contributed by atoms with E-state index in [1.807, 2.05) is 11.3 Å². The molecule has 1 aliphatic heterocycles. The highest BCUT2D eigenvalue weighted by molar-refractivity contribution is 7.18. The molecule has 0 saturated carbocycles. The van der Waals surface area contributed by atoms with E-state index in [4.69, 9.17) is 0 Å². The average molecular weight is 218 g/mol. The second-order valence-electron chi connectivity index (χ2n) is 4.06. The molecule has 0 radical (unpaired) electrons. The van der Waals surface area contributed by atoms with E-state index >= 15 is 0 Å². The lowest BCUT2D eigenvalue weighted by Crippen LogP contribution is -2.17. The number of hydrogen-bond acceptors (Lipinski definition) is 3. The van der Waals surface area contributed by atoms with E-state index in [9.17, 15) is 0 Å². The SMILES string of the molecule is c1ccc2sc(CN3CCCC3)nc2c1. The molecule has 15 heavy (non-hydrogen) atoms. The van der Waals surface area contributed by atoms with Crippen molar-refractivity contribution >= 4 is 21.6 Å². The van der Waals surface area contributed by atoms with E-state index in [-0.39, 0.29) is 0 Å². The van der Waals surface area contributed by atoms with Crippen LogP contribution in [-0.2, 0) is 6.54 Å². The third-order valence-corrected chi connectivity index (χ3v) is 3.92. The minimum absolute atomic E-state index is 1.04. The van der Waals surface area contributed by atoms with Crippen LogP contribution in [-0.4, -0.2) is 23.0 Å². The second kappa shape index (κ2) is 3.91. The average Bonchev–Trinajstić information content (AvgIpc) is 2.86. The topological polar surface area (TPSA) is 16.1 Å². The summed E-state index contributed by atoms with van der Waals surface area (Å²) in [6.45, 7) is 3.53. The summed E-state index contributed by atoms with van der Waals surface area (Å²) in [5.74, 6) is 0. The summed E-state index contributed by atoms with van der Waals surface area (Å²) in [6.07, 6.45) is 2.70. The number of benzene rings is 1. The predicted octanol–water partition coefficient (Wildman–Crippen LogP) is 2.89. The predicted molar refractivity (Wildman–Crippen MR) is 64.1 cm³/mol. The molecule has 1 aliphatic rings. The zero-order valence-electron chi connectivity index (χ0n) is 8.65. The van der Waals surface area contributed by atoms with Crippen LogP contribution in [0.25, 0.3) is 10.2 Å². The summed E-state index contributed by atoms with van der Waals surface area (Å²) in [6, 6.07) is 8.39. The molecule has 1 fully saturated rings. The smallest absolute Gasteiger partial charge is 0.108 e. The molecule has 3 rings (SSSR count). The van der Waals surface area contributed by atoms with Crippen LogP contribution < -0.4 is 0 Å². The Morgan fingerprint density at radius 3 is 2.80 bits per heavy atom. The molecule has 2 nitrogen and oxygen atoms in total. The van der Waals surface area contributed by atoms with Crippen molar-refractivity contribution in [3.8, 4) is 0 Å². The maximum absolute atomic E-state index is 4.65. The fourth-order valence-corrected chi connectivity index (χ4v) is 3.13. The van der Waals surface area contributed by atoms with Gasteiger partial charge < -0.3 is 0 Å². The van der Waals surface area contributed by atoms with E-state index in [1.54, 1.807) is 0 Å². The van der Waals surface area contributed by atoms with Crippen LogP contribution in [0.15, 0.2) is 24.3 Å². The van der Waals surface area contributed by atoms with Crippen LogP contribution in [0, 0.1) is 0 Å². The number of nitrogens with zero attached hydrogens (tertiary/aromatic N) is 2. The van der Waals surface area contributed by atoms with Crippen molar-refractivity contribution in [1.29, 1.82) is 0 Å². The monoisotopic (exact) mass is 218 g/mol. The molecule has 2 heterocycles. The number of thiazole rings is 1. The maximum atomic E-state index is 4.65. The Bertz CT molecular complexity index is 424. The first-order valence-corrected chi connectivity index (χ1v) is 6.30. The summed E-state index contributed by atoms with van der Waals surface area (Å²) >= 11 is 1.83. The lowest BCUT2D eigenvalue weighted by molar-refractivity contribution is 0.331. The van der Waals surface area contributed by atoms with Gasteiger partial charge in [0.05, 0.1) is 16.8 Å². The van der Waals surface area contributed by atoms with Gasteiger partial charge in [0.2, 0.25) is 0 Å². The molecule has 1 aromatic heterocycles. The maximum Gasteiger partial charge on any atom is 0.108 e. The van der Waals surface area contributed by atoms with Crippen molar-refractivity contribution in [2.24, 2.45) is 0 Å². The first-order chi connectivity index (χ1) is 7.42. The van der Waals surface area contributed by atoms with Crippen LogP contribution in [0.4, 0.5) is 0 Å². The molecule has 0 atom stereocenters. The van der Waals surface area contributed by atoms with E-state index in [0.717, 1.165) is 12.1 Å². The summed E-state index contributed by atoms with van der Waals surface area (Å²) in [4.78, 5) is 7.15. The molecule has 0 aliphatic carbocycles. The fraction of sp³-hybridized carbons (Fsp3) is 0.417. The van der Waals surface area contributed by atoms with Gasteiger partial charge in [0.1, 0.15) is 5.01 Å². The minimum Gasteiger partial charge on any atom is -0.297 e. The number of para-hydroxylation sites is 1. The Labute approximate surface area is 93.6 Å². The van der Waals surface area contributed by atoms with Gasteiger partial charge in [0.25, 0.3) is 0 Å². The van der Waals surface area contributed by atoms with Crippen molar-refractivity contribution in [3.63, 3.8) is 0 Å². The van der Waals surface area contributed by atoms with Crippen LogP contribution in [0.1, 0.15) is 17.8 Å². The summed E-state index contributed by atoms with van der Waals surface area (Å²) in [5, 5.41) is 1.26. The van der Waals surface area contributed by atoms with E-state index in [2.05, 4.69) is 34.1 Å². The lowest BCUT2D eigenvalue weighted by Gasteiger charge is -2.11. The molecule has 2 aromatic rings. The van der Waals surface area contributed by atoms with Gasteiger partial charge in [0, 0.05) is 0 Å². The third-order valence-electron chi connectivity index (χ3n) is 2.90. The zero-order valence-corrected chi connectivity index (χ0v) is 9.46. The van der Waals surface area contributed by atoms with Gasteiger partial charge in [-0.05, 0) is 38.1 Å². The molecule has 0 bridgehead atoms. The lowest BCUT2D eigenvalue weighted by atomic mass is 10.3. The highest BCUT2D eigenvalue weighted by Gasteiger charge is 2.13. The van der Waals surface area contributed by atoms with Gasteiger partial charge in [-0.2, -0.15) is 0 Å². The molecular weight excluding hydrogens is 204 g/mol. The van der Waals surface area contributed by atoms with Crippen molar-refractivity contribution < 1.29 is 0 Å². The van der Waals surface area contributed by atoms with Gasteiger partial charge in [-0.25, -0.2) is 4.98 Å². The normalized spacial score (nSPS) is 17.6. The molecule has 3 heteroatoms. The summed E-state index contributed by atoms with van der Waals surface area (Å²) < 4.78 is 1.31. The number of rotatable bonds is 2. The second-order valence-corrected chi connectivity index (χ2v) is 5.17. The number of hydrogen-bond donors (Lipinski definition) is 0. The van der Waals surface area contributed by atoms with E-state index in [1.165, 1.54) is 35.6 Å². The Kier molecular flexibility index (Phi) is 2.43. The quantitative estimate of drug-likeness (QED) is 0.770. The van der Waals surface area contributed by atoms with Crippen LogP contribution in [0.5, 0.6) is 0 Å². The van der Waals surface area contributed by atoms with Gasteiger partial charge in [-0.15, -0.1) is 11.3 Å². The highest BCUT2D eigenvalue weighted by atomic mass is 32.1. The van der Waals surface area contributed by atoms with Gasteiger partial charge in [-0.1, -0.05) is 12.1 Å². The Balaban J connectivity index is 1.84. The van der Waals surface area contributed by atoms with Crippen LogP contribution in [0.3, 0.4) is 0 Å². The standard InChI is InChI=1S/C12H14N2S/c1-2-6-11-10(5-1)13-12(15-11)9-14-7-3-4-8-14/h1-2,5-6H,3-4,7-9H2. The Hall–Kier alpha value is -0.930. The summed E-state index contributed by atoms with van der Waals surface area (Å²) in [7, 11) is 0. The molecule has 78 valence electrons. The molecule has 0 spiro atoms. The van der Waals surface area contributed by atoms with Crippen molar-refractivity contribution in [2.45, 2.75) is 19.4 Å². The highest BCUT2D eigenvalue weighted by Crippen LogP contribution is 2.23. The Morgan fingerprint density at radius 2 is 2.00 bits per heavy atom. The van der Waals surface area contributed by atoms with Gasteiger partial charge in [-0.3, -0.25) is 4.90 Å². The molecular formula is C12H14N2S. The number of fused-ring (bicyclic) bond motifs is 1. The van der Waals surface area contributed by atoms with Gasteiger partial charge >= 0.3 is 0 Å². The first kappa shape index (κ1) is 9.31. The molecule has 1 aromatic carbocycles. The van der Waals surface area contributed by atoms with E-state index < -0.39 is 0 Å². The van der Waals surface area contributed by atoms with Crippen molar-refractivity contribution in [3.05, 3.63) is 29.3 Å². The minimum atomic E-state index is 1.04. The molecule has 1 saturated heterocycles. The van der Waals surface area contributed by atoms with Crippen molar-refractivity contribution in [2.75, 3.05) is 13.1 Å². The van der Waals surface area contributed by atoms with Crippen LogP contribution in [0.2, 0.25) is 0 Å². The number of likely N-dealkylation sites (tertiary alicyclic amines) is 1. The van der Waals surface area contributed by atoms with Crippen LogP contribution >= 0.6 is 11.3 Å². The number of aromatic nitrogens is 1. The first-order valence-electron chi connectivity index (χ1n) is 5.49. The molecule has 0 amide bonds. The van der Waals surface area contributed by atoms with Crippen molar-refractivity contribution in [1.82, 2.24) is 9.88 Å². The molecule has 0 unspecified atom stereocenters. The molecule has 0 N–H and O–H groups in total. The largest absolute Gasteiger partial charge is 0.297 e. The van der Waals surface area contributed by atoms with E-state index in [0.29, 0.717) is 0 Å². The third kappa shape index (κ3) is 1.90. The fourth-order valence-electron chi connectivity index (χ4n) is 2.12. The summed E-state index contributed by atoms with van der Waals surface area (Å²) in [5.41, 5.74) is 1.15. The van der Waals surface area contributed by atoms with Gasteiger partial charge in [0.15, 0.2) is 0 Å².